The van der Waals surface area contributed by atoms with Gasteiger partial charge in [-0.2, -0.15) is 0 Å². The molecule has 2 aromatic rings. The number of thiophene rings is 1. The van der Waals surface area contributed by atoms with Gasteiger partial charge in [-0.25, -0.2) is 0 Å². The van der Waals surface area contributed by atoms with Crippen LogP contribution in [0.1, 0.15) is 20.7 Å². The number of aryl methyl sites for hydroxylation is 1. The molecule has 0 radical (unpaired) electrons. The Kier molecular flexibility index (Phi) is 4.43. The molecule has 0 aliphatic heterocycles. The summed E-state index contributed by atoms with van der Waals surface area (Å²) in [6.07, 6.45) is 0. The summed E-state index contributed by atoms with van der Waals surface area (Å²) in [6, 6.07) is 7.44. The fourth-order valence-electron chi connectivity index (χ4n) is 1.55. The minimum Gasteiger partial charge on any atom is -0.143 e. The topological polar surface area (TPSA) is 0 Å². The number of rotatable bonds is 2. The van der Waals surface area contributed by atoms with Gasteiger partial charge in [0, 0.05) is 24.3 Å². The normalized spacial score (nSPS) is 12.8. The van der Waals surface area contributed by atoms with Crippen molar-refractivity contribution in [2.75, 3.05) is 0 Å². The molecular weight excluding hydrogens is 362 g/mol. The molecule has 0 saturated carbocycles. The van der Waals surface area contributed by atoms with E-state index in [9.17, 15) is 0 Å². The highest BCUT2D eigenvalue weighted by Crippen LogP contribution is 2.40. The van der Waals surface area contributed by atoms with Crippen molar-refractivity contribution >= 4 is 62.1 Å². The summed E-state index contributed by atoms with van der Waals surface area (Å²) in [4.78, 5) is 2.29. The molecule has 1 heterocycles. The number of alkyl halides is 1. The molecule has 17 heavy (non-hydrogen) atoms. The second-order valence-corrected chi connectivity index (χ2v) is 7.09. The van der Waals surface area contributed by atoms with E-state index in [1.54, 1.807) is 17.4 Å². The fourth-order valence-corrected chi connectivity index (χ4v) is 4.49. The van der Waals surface area contributed by atoms with Gasteiger partial charge in [-0.05, 0) is 52.7 Å². The zero-order valence-electron chi connectivity index (χ0n) is 8.81. The minimum atomic E-state index is -0.237. The Morgan fingerprint density at radius 2 is 1.71 bits per heavy atom. The van der Waals surface area contributed by atoms with E-state index in [0.29, 0.717) is 10.0 Å². The summed E-state index contributed by atoms with van der Waals surface area (Å²) in [5.41, 5.74) is 0.909. The number of halogens is 4. The van der Waals surface area contributed by atoms with Crippen molar-refractivity contribution in [3.05, 3.63) is 54.1 Å². The molecular formula is C12H8BrCl3S. The van der Waals surface area contributed by atoms with Crippen molar-refractivity contribution in [2.24, 2.45) is 0 Å². The van der Waals surface area contributed by atoms with E-state index >= 15 is 0 Å². The van der Waals surface area contributed by atoms with Gasteiger partial charge in [0.05, 0.1) is 5.38 Å². The lowest BCUT2D eigenvalue weighted by atomic mass is 10.1. The molecule has 1 aromatic carbocycles. The molecule has 0 N–H and O–H groups in total. The Bertz CT molecular complexity index is 530. The number of benzene rings is 1. The van der Waals surface area contributed by atoms with Gasteiger partial charge in [0.25, 0.3) is 0 Å². The molecule has 5 heteroatoms. The van der Waals surface area contributed by atoms with E-state index < -0.39 is 0 Å². The first-order valence-corrected chi connectivity index (χ1v) is 7.63. The van der Waals surface area contributed by atoms with Gasteiger partial charge >= 0.3 is 0 Å². The number of hydrogen-bond donors (Lipinski definition) is 0. The van der Waals surface area contributed by atoms with E-state index in [-0.39, 0.29) is 5.38 Å². The van der Waals surface area contributed by atoms with Crippen LogP contribution in [0.15, 0.2) is 28.7 Å². The molecule has 1 atom stereocenters. The SMILES string of the molecule is Cc1cc(Br)c(C(Cl)c2cc(Cl)cc(Cl)c2)s1. The summed E-state index contributed by atoms with van der Waals surface area (Å²) in [5.74, 6) is 0. The minimum absolute atomic E-state index is 0.237. The standard InChI is InChI=1S/C12H8BrCl3S/c1-6-2-10(13)12(17-6)11(16)7-3-8(14)5-9(15)4-7/h2-5,11H,1H3. The van der Waals surface area contributed by atoms with Crippen LogP contribution in [-0.2, 0) is 0 Å². The third kappa shape index (κ3) is 3.18. The van der Waals surface area contributed by atoms with Crippen LogP contribution >= 0.6 is 62.1 Å². The summed E-state index contributed by atoms with van der Waals surface area (Å²) in [6.45, 7) is 2.05. The summed E-state index contributed by atoms with van der Waals surface area (Å²) in [5, 5.41) is 0.962. The van der Waals surface area contributed by atoms with Crippen LogP contribution in [0.3, 0.4) is 0 Å². The fraction of sp³-hybridized carbons (Fsp3) is 0.167. The van der Waals surface area contributed by atoms with Gasteiger partial charge in [0.15, 0.2) is 0 Å². The summed E-state index contributed by atoms with van der Waals surface area (Å²) in [7, 11) is 0. The maximum absolute atomic E-state index is 6.46. The van der Waals surface area contributed by atoms with Gasteiger partial charge in [0.2, 0.25) is 0 Å². The summed E-state index contributed by atoms with van der Waals surface area (Å²) >= 11 is 23.6. The van der Waals surface area contributed by atoms with Gasteiger partial charge in [-0.15, -0.1) is 22.9 Å². The van der Waals surface area contributed by atoms with E-state index in [1.165, 1.54) is 4.88 Å². The molecule has 1 aromatic heterocycles. The molecule has 0 aliphatic rings. The van der Waals surface area contributed by atoms with Crippen LogP contribution in [0.4, 0.5) is 0 Å². The second-order valence-electron chi connectivity index (χ2n) is 3.63. The first kappa shape index (κ1) is 13.7. The Hall–Kier alpha value is 0.270. The van der Waals surface area contributed by atoms with E-state index in [0.717, 1.165) is 14.9 Å². The monoisotopic (exact) mass is 368 g/mol. The third-order valence-electron chi connectivity index (χ3n) is 2.24. The van der Waals surface area contributed by atoms with Crippen molar-refractivity contribution in [2.45, 2.75) is 12.3 Å². The predicted molar refractivity (Wildman–Crippen MR) is 80.9 cm³/mol. The molecule has 0 amide bonds. The molecule has 0 bridgehead atoms. The van der Waals surface area contributed by atoms with Gasteiger partial charge in [0.1, 0.15) is 0 Å². The Balaban J connectivity index is 2.43. The predicted octanol–water partition coefficient (Wildman–Crippen LogP) is 6.45. The van der Waals surface area contributed by atoms with Crippen molar-refractivity contribution in [1.29, 1.82) is 0 Å². The van der Waals surface area contributed by atoms with E-state index in [2.05, 4.69) is 22.0 Å². The zero-order chi connectivity index (χ0) is 12.6. The quantitative estimate of drug-likeness (QED) is 0.533. The molecule has 0 nitrogen and oxygen atoms in total. The lowest BCUT2D eigenvalue weighted by Gasteiger charge is -2.09. The van der Waals surface area contributed by atoms with Gasteiger partial charge < -0.3 is 0 Å². The highest BCUT2D eigenvalue weighted by Gasteiger charge is 2.17. The van der Waals surface area contributed by atoms with Crippen molar-refractivity contribution in [3.63, 3.8) is 0 Å². The average molecular weight is 371 g/mol. The Morgan fingerprint density at radius 1 is 1.12 bits per heavy atom. The lowest BCUT2D eigenvalue weighted by molar-refractivity contribution is 1.17. The smallest absolute Gasteiger partial charge is 0.0940 e. The molecule has 0 saturated heterocycles. The maximum atomic E-state index is 6.46. The van der Waals surface area contributed by atoms with E-state index in [1.807, 2.05) is 19.1 Å². The largest absolute Gasteiger partial charge is 0.143 e. The average Bonchev–Trinajstić information content (AvgIpc) is 2.55. The molecule has 90 valence electrons. The van der Waals surface area contributed by atoms with Crippen LogP contribution in [0.2, 0.25) is 10.0 Å². The van der Waals surface area contributed by atoms with Crippen molar-refractivity contribution < 1.29 is 0 Å². The molecule has 0 aliphatic carbocycles. The van der Waals surface area contributed by atoms with Crippen LogP contribution in [-0.4, -0.2) is 0 Å². The molecule has 0 fully saturated rings. The van der Waals surface area contributed by atoms with Crippen molar-refractivity contribution in [1.82, 2.24) is 0 Å². The maximum Gasteiger partial charge on any atom is 0.0940 e. The van der Waals surface area contributed by atoms with Crippen LogP contribution in [0.25, 0.3) is 0 Å². The van der Waals surface area contributed by atoms with Gasteiger partial charge in [-0.1, -0.05) is 23.2 Å². The molecule has 1 unspecified atom stereocenters. The Labute approximate surface area is 128 Å². The Morgan fingerprint density at radius 3 is 2.18 bits per heavy atom. The van der Waals surface area contributed by atoms with Crippen LogP contribution in [0.5, 0.6) is 0 Å². The molecule has 2 rings (SSSR count). The van der Waals surface area contributed by atoms with Crippen LogP contribution < -0.4 is 0 Å². The highest BCUT2D eigenvalue weighted by atomic mass is 79.9. The third-order valence-corrected chi connectivity index (χ3v) is 5.31. The van der Waals surface area contributed by atoms with Gasteiger partial charge in [-0.3, -0.25) is 0 Å². The summed E-state index contributed by atoms with van der Waals surface area (Å²) < 4.78 is 1.02. The molecule has 0 spiro atoms. The van der Waals surface area contributed by atoms with Crippen LogP contribution in [0, 0.1) is 6.92 Å². The zero-order valence-corrected chi connectivity index (χ0v) is 13.5. The first-order valence-electron chi connectivity index (χ1n) is 4.83. The van der Waals surface area contributed by atoms with Crippen molar-refractivity contribution in [3.8, 4) is 0 Å². The first-order chi connectivity index (χ1) is 7.97. The lowest BCUT2D eigenvalue weighted by Crippen LogP contribution is -1.91. The second kappa shape index (κ2) is 5.50. The number of hydrogen-bond acceptors (Lipinski definition) is 1. The van der Waals surface area contributed by atoms with E-state index in [4.69, 9.17) is 34.8 Å². The highest BCUT2D eigenvalue weighted by molar-refractivity contribution is 9.10.